The third-order valence-corrected chi connectivity index (χ3v) is 2.81. The van der Waals surface area contributed by atoms with Crippen molar-refractivity contribution in [2.75, 3.05) is 6.61 Å². The Morgan fingerprint density at radius 2 is 1.85 bits per heavy atom. The highest BCUT2D eigenvalue weighted by molar-refractivity contribution is 5.92. The molecule has 0 saturated heterocycles. The summed E-state index contributed by atoms with van der Waals surface area (Å²) < 4.78 is 4.89. The van der Waals surface area contributed by atoms with Crippen molar-refractivity contribution < 1.29 is 14.3 Å². The molecule has 3 nitrogen and oxygen atoms in total. The van der Waals surface area contributed by atoms with E-state index in [1.54, 1.807) is 6.92 Å². The second-order valence-electron chi connectivity index (χ2n) is 4.14. The number of esters is 1. The molecule has 0 unspecified atom stereocenters. The van der Waals surface area contributed by atoms with E-state index in [0.717, 1.165) is 0 Å². The van der Waals surface area contributed by atoms with E-state index in [9.17, 15) is 9.59 Å². The molecule has 0 aliphatic heterocycles. The van der Waals surface area contributed by atoms with Crippen molar-refractivity contribution in [2.45, 2.75) is 27.7 Å². The number of hydrogen-bond donors (Lipinski definition) is 0. The number of carbonyl (C=O) groups is 2. The molecule has 0 aromatic rings. The van der Waals surface area contributed by atoms with Crippen molar-refractivity contribution in [1.82, 2.24) is 0 Å². The topological polar surface area (TPSA) is 43.4 Å². The van der Waals surface area contributed by atoms with Crippen LogP contribution in [0.3, 0.4) is 0 Å². The molecular formula is C10H16O3. The minimum atomic E-state index is -0.229. The lowest BCUT2D eigenvalue weighted by molar-refractivity contribution is -0.146. The fourth-order valence-corrected chi connectivity index (χ4v) is 2.07. The van der Waals surface area contributed by atoms with E-state index in [2.05, 4.69) is 0 Å². The number of carbonyl (C=O) groups excluding carboxylic acids is 2. The predicted molar refractivity (Wildman–Crippen MR) is 48.1 cm³/mol. The Kier molecular flexibility index (Phi) is 2.46. The molecular weight excluding hydrogens is 168 g/mol. The SMILES string of the molecule is CCOC(=O)[C@@H]1[C@@H](C(C)=O)C1(C)C. The van der Waals surface area contributed by atoms with Crippen molar-refractivity contribution in [3.63, 3.8) is 0 Å². The first-order valence-corrected chi connectivity index (χ1v) is 4.60. The summed E-state index contributed by atoms with van der Waals surface area (Å²) >= 11 is 0. The lowest BCUT2D eigenvalue weighted by Crippen LogP contribution is -2.10. The summed E-state index contributed by atoms with van der Waals surface area (Å²) in [5.41, 5.74) is -0.196. The van der Waals surface area contributed by atoms with Gasteiger partial charge in [0.2, 0.25) is 0 Å². The van der Waals surface area contributed by atoms with Gasteiger partial charge in [0.15, 0.2) is 0 Å². The van der Waals surface area contributed by atoms with Crippen LogP contribution in [-0.4, -0.2) is 18.4 Å². The normalized spacial score (nSPS) is 29.5. The molecule has 1 saturated carbocycles. The second kappa shape index (κ2) is 3.13. The van der Waals surface area contributed by atoms with E-state index in [0.29, 0.717) is 6.61 Å². The minimum Gasteiger partial charge on any atom is -0.466 e. The fourth-order valence-electron chi connectivity index (χ4n) is 2.07. The molecule has 1 aliphatic rings. The van der Waals surface area contributed by atoms with E-state index < -0.39 is 0 Å². The van der Waals surface area contributed by atoms with E-state index in [-0.39, 0.29) is 29.0 Å². The average molecular weight is 184 g/mol. The van der Waals surface area contributed by atoms with Crippen molar-refractivity contribution in [2.24, 2.45) is 17.3 Å². The van der Waals surface area contributed by atoms with Crippen LogP contribution in [0.5, 0.6) is 0 Å². The van der Waals surface area contributed by atoms with Crippen molar-refractivity contribution in [3.8, 4) is 0 Å². The molecule has 0 heterocycles. The summed E-state index contributed by atoms with van der Waals surface area (Å²) in [6.07, 6.45) is 0. The molecule has 74 valence electrons. The predicted octanol–water partition coefficient (Wildman–Crippen LogP) is 1.41. The van der Waals surface area contributed by atoms with Crippen LogP contribution in [-0.2, 0) is 14.3 Å². The Labute approximate surface area is 78.5 Å². The van der Waals surface area contributed by atoms with Gasteiger partial charge >= 0.3 is 5.97 Å². The summed E-state index contributed by atoms with van der Waals surface area (Å²) in [7, 11) is 0. The standard InChI is InChI=1S/C10H16O3/c1-5-13-9(12)8-7(6(2)11)10(8,3)4/h7-8H,5H2,1-4H3/t7-,8+/m1/s1. The average Bonchev–Trinajstić information content (AvgIpc) is 2.54. The zero-order chi connectivity index (χ0) is 10.2. The zero-order valence-corrected chi connectivity index (χ0v) is 8.59. The third-order valence-electron chi connectivity index (χ3n) is 2.81. The van der Waals surface area contributed by atoms with Crippen LogP contribution in [0.4, 0.5) is 0 Å². The van der Waals surface area contributed by atoms with Crippen LogP contribution in [0.1, 0.15) is 27.7 Å². The van der Waals surface area contributed by atoms with Crippen LogP contribution >= 0.6 is 0 Å². The van der Waals surface area contributed by atoms with Gasteiger partial charge in [0, 0.05) is 5.92 Å². The zero-order valence-electron chi connectivity index (χ0n) is 8.59. The van der Waals surface area contributed by atoms with Gasteiger partial charge in [0.25, 0.3) is 0 Å². The van der Waals surface area contributed by atoms with Crippen molar-refractivity contribution >= 4 is 11.8 Å². The highest BCUT2D eigenvalue weighted by Gasteiger charge is 2.64. The smallest absolute Gasteiger partial charge is 0.310 e. The molecule has 0 amide bonds. The van der Waals surface area contributed by atoms with Gasteiger partial charge in [-0.15, -0.1) is 0 Å². The number of rotatable bonds is 3. The summed E-state index contributed by atoms with van der Waals surface area (Å²) in [4.78, 5) is 22.5. The molecule has 0 radical (unpaired) electrons. The Morgan fingerprint density at radius 1 is 1.31 bits per heavy atom. The van der Waals surface area contributed by atoms with E-state index in [1.807, 2.05) is 13.8 Å². The Balaban J connectivity index is 2.65. The lowest BCUT2D eigenvalue weighted by Gasteiger charge is -2.01. The maximum Gasteiger partial charge on any atom is 0.310 e. The van der Waals surface area contributed by atoms with Crippen LogP contribution in [0.2, 0.25) is 0 Å². The highest BCUT2D eigenvalue weighted by Crippen LogP contribution is 2.59. The number of hydrogen-bond acceptors (Lipinski definition) is 3. The van der Waals surface area contributed by atoms with Gasteiger partial charge in [0.1, 0.15) is 5.78 Å². The van der Waals surface area contributed by atoms with Gasteiger partial charge in [-0.05, 0) is 19.3 Å². The van der Waals surface area contributed by atoms with Crippen LogP contribution in [0, 0.1) is 17.3 Å². The van der Waals surface area contributed by atoms with Crippen molar-refractivity contribution in [3.05, 3.63) is 0 Å². The Morgan fingerprint density at radius 3 is 2.15 bits per heavy atom. The molecule has 13 heavy (non-hydrogen) atoms. The lowest BCUT2D eigenvalue weighted by atomic mass is 10.1. The molecule has 1 fully saturated rings. The second-order valence-corrected chi connectivity index (χ2v) is 4.14. The number of ketones is 1. The van der Waals surface area contributed by atoms with E-state index in [4.69, 9.17) is 4.74 Å². The molecule has 0 spiro atoms. The number of ether oxygens (including phenoxy) is 1. The molecule has 3 heteroatoms. The summed E-state index contributed by atoms with van der Waals surface area (Å²) in [5, 5.41) is 0. The molecule has 1 rings (SSSR count). The molecule has 0 bridgehead atoms. The van der Waals surface area contributed by atoms with Gasteiger partial charge in [-0.3, -0.25) is 9.59 Å². The van der Waals surface area contributed by atoms with Crippen LogP contribution < -0.4 is 0 Å². The first kappa shape index (κ1) is 10.2. The number of Topliss-reactive ketones (excluding diaryl/α,β-unsaturated/α-hetero) is 1. The Bertz CT molecular complexity index is 243. The molecule has 0 aromatic heterocycles. The minimum absolute atomic E-state index is 0.0862. The van der Waals surface area contributed by atoms with Gasteiger partial charge < -0.3 is 4.74 Å². The monoisotopic (exact) mass is 184 g/mol. The van der Waals surface area contributed by atoms with Crippen molar-refractivity contribution in [1.29, 1.82) is 0 Å². The quantitative estimate of drug-likeness (QED) is 0.623. The highest BCUT2D eigenvalue weighted by atomic mass is 16.5. The maximum atomic E-state index is 11.4. The largest absolute Gasteiger partial charge is 0.466 e. The summed E-state index contributed by atoms with van der Waals surface area (Å²) in [6, 6.07) is 0. The molecule has 1 aliphatic carbocycles. The van der Waals surface area contributed by atoms with E-state index in [1.165, 1.54) is 6.92 Å². The summed E-state index contributed by atoms with van der Waals surface area (Å²) in [5.74, 6) is -0.493. The molecule has 0 N–H and O–H groups in total. The molecule has 0 aromatic carbocycles. The van der Waals surface area contributed by atoms with E-state index >= 15 is 0 Å². The fraction of sp³-hybridized carbons (Fsp3) is 0.800. The maximum absolute atomic E-state index is 11.4. The third kappa shape index (κ3) is 1.60. The first-order chi connectivity index (χ1) is 5.92. The van der Waals surface area contributed by atoms with Gasteiger partial charge in [-0.1, -0.05) is 13.8 Å². The first-order valence-electron chi connectivity index (χ1n) is 4.60. The summed E-state index contributed by atoms with van der Waals surface area (Å²) in [6.45, 7) is 7.55. The Hall–Kier alpha value is -0.860. The van der Waals surface area contributed by atoms with Gasteiger partial charge in [0.05, 0.1) is 12.5 Å². The van der Waals surface area contributed by atoms with Crippen LogP contribution in [0.25, 0.3) is 0 Å². The van der Waals surface area contributed by atoms with Gasteiger partial charge in [-0.25, -0.2) is 0 Å². The van der Waals surface area contributed by atoms with Gasteiger partial charge in [-0.2, -0.15) is 0 Å². The molecule has 2 atom stereocenters. The van der Waals surface area contributed by atoms with Crippen LogP contribution in [0.15, 0.2) is 0 Å².